The van der Waals surface area contributed by atoms with Gasteiger partial charge < -0.3 is 10.1 Å². The third-order valence-corrected chi connectivity index (χ3v) is 7.49. The van der Waals surface area contributed by atoms with E-state index >= 15 is 0 Å². The van der Waals surface area contributed by atoms with Gasteiger partial charge in [-0.15, -0.1) is 0 Å². The van der Waals surface area contributed by atoms with Gasteiger partial charge in [-0.25, -0.2) is 4.98 Å². The lowest BCUT2D eigenvalue weighted by atomic mass is 10.0. The monoisotopic (exact) mass is 567 g/mol. The van der Waals surface area contributed by atoms with Crippen molar-refractivity contribution in [3.8, 4) is 23.1 Å². The van der Waals surface area contributed by atoms with Gasteiger partial charge >= 0.3 is 0 Å². The van der Waals surface area contributed by atoms with E-state index in [1.54, 1.807) is 12.1 Å². The van der Waals surface area contributed by atoms with E-state index in [1.807, 2.05) is 86.7 Å². The highest BCUT2D eigenvalue weighted by molar-refractivity contribution is 9.10. The van der Waals surface area contributed by atoms with Gasteiger partial charge in [0.15, 0.2) is 0 Å². The predicted octanol–water partition coefficient (Wildman–Crippen LogP) is 7.90. The largest absolute Gasteiger partial charge is 0.485 e. The van der Waals surface area contributed by atoms with E-state index in [-0.39, 0.29) is 12.0 Å². The molecule has 4 aromatic rings. The fourth-order valence-corrected chi connectivity index (χ4v) is 5.15. The Kier molecular flexibility index (Phi) is 7.04. The van der Waals surface area contributed by atoms with Crippen molar-refractivity contribution in [2.24, 2.45) is 0 Å². The maximum atomic E-state index is 13.0. The number of fused-ring (bicyclic) bond motifs is 1. The molecule has 0 fully saturated rings. The number of nitriles is 1. The topological polar surface area (TPSA) is 75.0 Å². The van der Waals surface area contributed by atoms with Crippen LogP contribution in [-0.2, 0) is 0 Å². The maximum absolute atomic E-state index is 13.0. The third kappa shape index (κ3) is 5.41. The highest BCUT2D eigenvalue weighted by Crippen LogP contribution is 2.38. The molecule has 5 rings (SSSR count). The van der Waals surface area contributed by atoms with Crippen LogP contribution in [0.5, 0.6) is 5.75 Å². The van der Waals surface area contributed by atoms with Crippen LogP contribution in [0.1, 0.15) is 33.4 Å². The fraction of sp³-hybridized carbons (Fsp3) is 0.100. The zero-order chi connectivity index (χ0) is 25.9. The first kappa shape index (κ1) is 24.7. The molecule has 1 amide bonds. The number of allylic oxidation sites excluding steroid dienone is 1. The van der Waals surface area contributed by atoms with Crippen molar-refractivity contribution in [3.63, 3.8) is 0 Å². The Morgan fingerprint density at radius 2 is 1.84 bits per heavy atom. The molecule has 2 heterocycles. The van der Waals surface area contributed by atoms with Gasteiger partial charge in [0.05, 0.1) is 5.57 Å². The number of amides is 1. The molecule has 1 atom stereocenters. The Hall–Kier alpha value is -3.99. The number of nitrogens with zero attached hydrogens (tertiary/aromatic N) is 2. The Morgan fingerprint density at radius 3 is 2.57 bits per heavy atom. The summed E-state index contributed by atoms with van der Waals surface area (Å²) in [5, 5.41) is 14.2. The number of para-hydroxylation sites is 1. The molecular weight excluding hydrogens is 546 g/mol. The third-order valence-electron chi connectivity index (χ3n) is 5.96. The minimum atomic E-state index is -0.243. The summed E-state index contributed by atoms with van der Waals surface area (Å²) >= 11 is 4.68. The number of ether oxygens (including phenoxy) is 1. The number of thiazole rings is 1. The molecule has 37 heavy (non-hydrogen) atoms. The molecule has 0 bridgehead atoms. The standard InChI is InChI=1S/C30H22BrN3O2S/c1-18-7-9-20(10-8-18)27-30(34-28(35)21-11-13-25(31)14-12-21)37-29(33-27)24(17-32)16-23-15-22-5-3-4-6-26(22)36-19(23)2/h3-16,19H,1-2H3,(H,34,35). The number of rotatable bonds is 5. The van der Waals surface area contributed by atoms with Gasteiger partial charge in [0.1, 0.15) is 33.6 Å². The number of hydrogen-bond donors (Lipinski definition) is 1. The molecule has 0 radical (unpaired) electrons. The van der Waals surface area contributed by atoms with Crippen molar-refractivity contribution in [2.45, 2.75) is 20.0 Å². The number of carbonyl (C=O) groups is 1. The van der Waals surface area contributed by atoms with Gasteiger partial charge in [-0.05, 0) is 61.9 Å². The summed E-state index contributed by atoms with van der Waals surface area (Å²) in [5.74, 6) is 0.576. The number of anilines is 1. The van der Waals surface area contributed by atoms with E-state index in [0.717, 1.165) is 32.5 Å². The smallest absolute Gasteiger partial charge is 0.256 e. The van der Waals surface area contributed by atoms with E-state index in [2.05, 4.69) is 27.3 Å². The van der Waals surface area contributed by atoms with Crippen molar-refractivity contribution in [2.75, 3.05) is 5.32 Å². The quantitative estimate of drug-likeness (QED) is 0.248. The van der Waals surface area contributed by atoms with Crippen LogP contribution in [0, 0.1) is 18.3 Å². The van der Waals surface area contributed by atoms with Crippen LogP contribution in [0.2, 0.25) is 0 Å². The molecule has 0 saturated heterocycles. The average Bonchev–Trinajstić information content (AvgIpc) is 3.31. The normalized spacial score (nSPS) is 14.7. The van der Waals surface area contributed by atoms with Gasteiger partial charge in [0.2, 0.25) is 0 Å². The second kappa shape index (κ2) is 10.6. The van der Waals surface area contributed by atoms with Crippen molar-refractivity contribution >= 4 is 49.8 Å². The van der Waals surface area contributed by atoms with E-state index in [9.17, 15) is 10.1 Å². The summed E-state index contributed by atoms with van der Waals surface area (Å²) in [6, 6.07) is 25.2. The van der Waals surface area contributed by atoms with Crippen LogP contribution in [0.25, 0.3) is 22.9 Å². The minimum Gasteiger partial charge on any atom is -0.485 e. The summed E-state index contributed by atoms with van der Waals surface area (Å²) in [6.07, 6.45) is 3.64. The lowest BCUT2D eigenvalue weighted by Gasteiger charge is -2.22. The molecule has 1 N–H and O–H groups in total. The predicted molar refractivity (Wildman–Crippen MR) is 152 cm³/mol. The number of hydrogen-bond acceptors (Lipinski definition) is 5. The van der Waals surface area contributed by atoms with Crippen LogP contribution >= 0.6 is 27.3 Å². The molecule has 182 valence electrons. The molecule has 0 spiro atoms. The van der Waals surface area contributed by atoms with Gasteiger partial charge in [0, 0.05) is 21.2 Å². The van der Waals surface area contributed by atoms with Crippen molar-refractivity contribution < 1.29 is 9.53 Å². The second-order valence-electron chi connectivity index (χ2n) is 8.64. The van der Waals surface area contributed by atoms with E-state index in [1.165, 1.54) is 11.3 Å². The van der Waals surface area contributed by atoms with Crippen LogP contribution in [-0.4, -0.2) is 17.0 Å². The van der Waals surface area contributed by atoms with Gasteiger partial charge in [-0.2, -0.15) is 5.26 Å². The molecule has 1 unspecified atom stereocenters. The minimum absolute atomic E-state index is 0.216. The Bertz CT molecular complexity index is 1580. The van der Waals surface area contributed by atoms with Gasteiger partial charge in [-0.1, -0.05) is 75.3 Å². The SMILES string of the molecule is Cc1ccc(-c2nc(C(C#N)=CC3=Cc4ccccc4OC3C)sc2NC(=O)c2ccc(Br)cc2)cc1. The van der Waals surface area contributed by atoms with E-state index < -0.39 is 0 Å². The molecule has 5 nitrogen and oxygen atoms in total. The number of halogens is 1. The van der Waals surface area contributed by atoms with E-state index in [0.29, 0.717) is 26.8 Å². The molecule has 1 aliphatic heterocycles. The lowest BCUT2D eigenvalue weighted by molar-refractivity contribution is 0.102. The molecule has 7 heteroatoms. The number of carbonyl (C=O) groups excluding carboxylic acids is 1. The summed E-state index contributed by atoms with van der Waals surface area (Å²) in [4.78, 5) is 17.9. The average molecular weight is 568 g/mol. The number of aryl methyl sites for hydroxylation is 1. The highest BCUT2D eigenvalue weighted by Gasteiger charge is 2.21. The van der Waals surface area contributed by atoms with Gasteiger partial charge in [-0.3, -0.25) is 4.79 Å². The molecular formula is C30H22BrN3O2S. The number of nitrogens with one attached hydrogen (secondary N) is 1. The van der Waals surface area contributed by atoms with Crippen molar-refractivity contribution in [1.82, 2.24) is 4.98 Å². The zero-order valence-corrected chi connectivity index (χ0v) is 22.6. The van der Waals surface area contributed by atoms with Crippen molar-refractivity contribution in [3.05, 3.63) is 111 Å². The van der Waals surface area contributed by atoms with Gasteiger partial charge in [0.25, 0.3) is 5.91 Å². The van der Waals surface area contributed by atoms with Crippen LogP contribution < -0.4 is 10.1 Å². The Labute approximate surface area is 227 Å². The molecule has 0 aliphatic carbocycles. The summed E-state index contributed by atoms with van der Waals surface area (Å²) < 4.78 is 6.94. The highest BCUT2D eigenvalue weighted by atomic mass is 79.9. The second-order valence-corrected chi connectivity index (χ2v) is 10.6. The Morgan fingerprint density at radius 1 is 1.11 bits per heavy atom. The molecule has 0 saturated carbocycles. The first-order valence-electron chi connectivity index (χ1n) is 11.7. The molecule has 1 aromatic heterocycles. The first-order valence-corrected chi connectivity index (χ1v) is 13.3. The summed E-state index contributed by atoms with van der Waals surface area (Å²) in [6.45, 7) is 3.97. The van der Waals surface area contributed by atoms with Crippen LogP contribution in [0.3, 0.4) is 0 Å². The fourth-order valence-electron chi connectivity index (χ4n) is 3.93. The number of aromatic nitrogens is 1. The lowest BCUT2D eigenvalue weighted by Crippen LogP contribution is -2.17. The van der Waals surface area contributed by atoms with Crippen LogP contribution in [0.15, 0.2) is 88.9 Å². The maximum Gasteiger partial charge on any atom is 0.256 e. The molecule has 3 aromatic carbocycles. The first-order chi connectivity index (χ1) is 17.9. The van der Waals surface area contributed by atoms with Crippen LogP contribution in [0.4, 0.5) is 5.00 Å². The summed E-state index contributed by atoms with van der Waals surface area (Å²) in [7, 11) is 0. The van der Waals surface area contributed by atoms with Crippen molar-refractivity contribution in [1.29, 1.82) is 5.26 Å². The Balaban J connectivity index is 1.55. The summed E-state index contributed by atoms with van der Waals surface area (Å²) in [5.41, 5.74) is 5.38. The van der Waals surface area contributed by atoms with E-state index in [4.69, 9.17) is 9.72 Å². The zero-order valence-electron chi connectivity index (χ0n) is 20.2. The number of benzene rings is 3. The molecule has 1 aliphatic rings.